The van der Waals surface area contributed by atoms with E-state index in [1.807, 2.05) is 0 Å². The first kappa shape index (κ1) is 12.2. The van der Waals surface area contributed by atoms with Gasteiger partial charge in [0.25, 0.3) is 0 Å². The lowest BCUT2D eigenvalue weighted by molar-refractivity contribution is 0.307. The van der Waals surface area contributed by atoms with Crippen LogP contribution in [0.4, 0.5) is 0 Å². The van der Waals surface area contributed by atoms with Crippen LogP contribution in [-0.4, -0.2) is 37.1 Å². The number of nitrogens with zero attached hydrogens (tertiary/aromatic N) is 1. The molecule has 0 bridgehead atoms. The van der Waals surface area contributed by atoms with Crippen LogP contribution in [0.15, 0.2) is 30.3 Å². The predicted octanol–water partition coefficient (Wildman–Crippen LogP) is 2.30. The van der Waals surface area contributed by atoms with Crippen LogP contribution in [0.1, 0.15) is 24.8 Å². The third-order valence-electron chi connectivity index (χ3n) is 4.47. The summed E-state index contributed by atoms with van der Waals surface area (Å²) >= 11 is 0. The summed E-state index contributed by atoms with van der Waals surface area (Å²) in [5, 5.41) is 3.62. The fourth-order valence-electron chi connectivity index (χ4n) is 3.43. The van der Waals surface area contributed by atoms with Crippen LogP contribution in [-0.2, 0) is 6.42 Å². The maximum atomic E-state index is 3.62. The minimum absolute atomic E-state index is 0.805. The Kier molecular flexibility index (Phi) is 3.96. The average molecular weight is 244 g/mol. The lowest BCUT2D eigenvalue weighted by atomic mass is 10.1. The van der Waals surface area contributed by atoms with Crippen molar-refractivity contribution in [1.82, 2.24) is 10.2 Å². The first-order chi connectivity index (χ1) is 8.92. The molecular formula is C16H24N2. The Bertz CT molecular complexity index is 351. The fraction of sp³-hybridized carbons (Fsp3) is 0.625. The molecule has 1 aromatic rings. The minimum Gasteiger partial charge on any atom is -0.312 e. The molecule has 98 valence electrons. The van der Waals surface area contributed by atoms with Crippen LogP contribution in [0.25, 0.3) is 0 Å². The molecule has 2 aliphatic rings. The van der Waals surface area contributed by atoms with Gasteiger partial charge in [0.05, 0.1) is 0 Å². The second-order valence-corrected chi connectivity index (χ2v) is 5.81. The number of aryl methyl sites for hydroxylation is 1. The second-order valence-electron chi connectivity index (χ2n) is 5.81. The molecule has 2 aliphatic heterocycles. The molecule has 3 rings (SSSR count). The molecule has 2 atom stereocenters. The van der Waals surface area contributed by atoms with E-state index in [1.165, 1.54) is 57.4 Å². The number of hydrogen-bond acceptors (Lipinski definition) is 2. The molecule has 0 aliphatic carbocycles. The lowest BCUT2D eigenvalue weighted by Crippen LogP contribution is -2.30. The van der Waals surface area contributed by atoms with Gasteiger partial charge in [-0.3, -0.25) is 0 Å². The average Bonchev–Trinajstić information content (AvgIpc) is 2.96. The van der Waals surface area contributed by atoms with Gasteiger partial charge in [-0.2, -0.15) is 0 Å². The van der Waals surface area contributed by atoms with E-state index < -0.39 is 0 Å². The summed E-state index contributed by atoms with van der Waals surface area (Å²) in [7, 11) is 0. The normalized spacial score (nSPS) is 27.6. The van der Waals surface area contributed by atoms with Gasteiger partial charge < -0.3 is 10.2 Å². The van der Waals surface area contributed by atoms with Gasteiger partial charge >= 0.3 is 0 Å². The second kappa shape index (κ2) is 5.85. The molecule has 2 heterocycles. The summed E-state index contributed by atoms with van der Waals surface area (Å²) in [6.07, 6.45) is 5.29. The van der Waals surface area contributed by atoms with Crippen molar-refractivity contribution < 1.29 is 0 Å². The zero-order chi connectivity index (χ0) is 12.2. The van der Waals surface area contributed by atoms with Crippen molar-refractivity contribution in [2.24, 2.45) is 5.92 Å². The number of nitrogens with one attached hydrogen (secondary N) is 1. The first-order valence-corrected chi connectivity index (χ1v) is 7.41. The molecule has 2 heteroatoms. The summed E-state index contributed by atoms with van der Waals surface area (Å²) < 4.78 is 0. The summed E-state index contributed by atoms with van der Waals surface area (Å²) in [5.41, 5.74) is 1.48. The van der Waals surface area contributed by atoms with Crippen molar-refractivity contribution in [2.75, 3.05) is 26.2 Å². The van der Waals surface area contributed by atoms with E-state index in [0.29, 0.717) is 0 Å². The molecule has 0 radical (unpaired) electrons. The van der Waals surface area contributed by atoms with Crippen LogP contribution in [0.2, 0.25) is 0 Å². The Morgan fingerprint density at radius 1 is 1.11 bits per heavy atom. The smallest absolute Gasteiger partial charge is 0.0235 e. The monoisotopic (exact) mass is 244 g/mol. The van der Waals surface area contributed by atoms with Crippen LogP contribution in [0.3, 0.4) is 0 Å². The Morgan fingerprint density at radius 2 is 2.00 bits per heavy atom. The molecule has 2 fully saturated rings. The lowest BCUT2D eigenvalue weighted by Gasteiger charge is -2.16. The highest BCUT2D eigenvalue weighted by atomic mass is 15.2. The van der Waals surface area contributed by atoms with Gasteiger partial charge in [-0.1, -0.05) is 30.3 Å². The zero-order valence-electron chi connectivity index (χ0n) is 11.1. The molecule has 0 amide bonds. The molecule has 0 saturated carbocycles. The molecule has 2 nitrogen and oxygen atoms in total. The van der Waals surface area contributed by atoms with Gasteiger partial charge in [0.1, 0.15) is 0 Å². The molecule has 0 spiro atoms. The van der Waals surface area contributed by atoms with E-state index in [-0.39, 0.29) is 0 Å². The van der Waals surface area contributed by atoms with E-state index >= 15 is 0 Å². The fourth-order valence-corrected chi connectivity index (χ4v) is 3.43. The van der Waals surface area contributed by atoms with Gasteiger partial charge in [-0.05, 0) is 50.3 Å². The molecule has 0 aromatic heterocycles. The quantitative estimate of drug-likeness (QED) is 0.800. The summed E-state index contributed by atoms with van der Waals surface area (Å²) in [6, 6.07) is 11.7. The van der Waals surface area contributed by atoms with Gasteiger partial charge in [0.15, 0.2) is 0 Å². The summed E-state index contributed by atoms with van der Waals surface area (Å²) in [4.78, 5) is 2.66. The zero-order valence-corrected chi connectivity index (χ0v) is 11.1. The minimum atomic E-state index is 0.805. The maximum Gasteiger partial charge on any atom is 0.0235 e. The van der Waals surface area contributed by atoms with Crippen LogP contribution >= 0.6 is 0 Å². The number of hydrogen-bond donors (Lipinski definition) is 1. The summed E-state index contributed by atoms with van der Waals surface area (Å²) in [5.74, 6) is 0.944. The highest BCUT2D eigenvalue weighted by molar-refractivity contribution is 5.14. The first-order valence-electron chi connectivity index (χ1n) is 7.41. The molecule has 2 saturated heterocycles. The van der Waals surface area contributed by atoms with Crippen LogP contribution in [0, 0.1) is 5.92 Å². The van der Waals surface area contributed by atoms with Crippen molar-refractivity contribution >= 4 is 0 Å². The number of benzene rings is 1. The molecule has 1 aromatic carbocycles. The Balaban J connectivity index is 1.34. The maximum absolute atomic E-state index is 3.62. The predicted molar refractivity (Wildman–Crippen MR) is 75.7 cm³/mol. The largest absolute Gasteiger partial charge is 0.312 e. The van der Waals surface area contributed by atoms with E-state index in [4.69, 9.17) is 0 Å². The SMILES string of the molecule is c1ccc(CCCCN2C[C@@H]3CCN[C@@H]3C2)cc1. The van der Waals surface area contributed by atoms with Crippen molar-refractivity contribution in [3.8, 4) is 0 Å². The molecular weight excluding hydrogens is 220 g/mol. The highest BCUT2D eigenvalue weighted by Gasteiger charge is 2.35. The van der Waals surface area contributed by atoms with Gasteiger partial charge in [0.2, 0.25) is 0 Å². The number of rotatable bonds is 5. The number of likely N-dealkylation sites (tertiary alicyclic amines) is 1. The Hall–Kier alpha value is -0.860. The molecule has 0 unspecified atom stereocenters. The van der Waals surface area contributed by atoms with Gasteiger partial charge in [0, 0.05) is 19.1 Å². The van der Waals surface area contributed by atoms with Crippen molar-refractivity contribution in [2.45, 2.75) is 31.7 Å². The van der Waals surface area contributed by atoms with Crippen LogP contribution < -0.4 is 5.32 Å². The third kappa shape index (κ3) is 2.93. The van der Waals surface area contributed by atoms with Gasteiger partial charge in [-0.15, -0.1) is 0 Å². The number of unbranched alkanes of at least 4 members (excludes halogenated alkanes) is 1. The molecule has 18 heavy (non-hydrogen) atoms. The third-order valence-corrected chi connectivity index (χ3v) is 4.47. The number of fused-ring (bicyclic) bond motifs is 1. The Morgan fingerprint density at radius 3 is 2.83 bits per heavy atom. The van der Waals surface area contributed by atoms with Gasteiger partial charge in [-0.25, -0.2) is 0 Å². The van der Waals surface area contributed by atoms with E-state index in [2.05, 4.69) is 40.5 Å². The van der Waals surface area contributed by atoms with E-state index in [9.17, 15) is 0 Å². The Labute approximate surface area is 110 Å². The topological polar surface area (TPSA) is 15.3 Å². The molecule has 1 N–H and O–H groups in total. The van der Waals surface area contributed by atoms with Crippen molar-refractivity contribution in [1.29, 1.82) is 0 Å². The van der Waals surface area contributed by atoms with Crippen LogP contribution in [0.5, 0.6) is 0 Å². The van der Waals surface area contributed by atoms with Crippen molar-refractivity contribution in [3.63, 3.8) is 0 Å². The standard InChI is InChI=1S/C16H24N2/c1-2-6-14(7-3-1)8-4-5-11-18-12-15-9-10-17-16(15)13-18/h1-3,6-7,15-17H,4-5,8-13H2/t15-,16+/m0/s1. The van der Waals surface area contributed by atoms with E-state index in [1.54, 1.807) is 0 Å². The van der Waals surface area contributed by atoms with E-state index in [0.717, 1.165) is 12.0 Å². The highest BCUT2D eigenvalue weighted by Crippen LogP contribution is 2.24. The summed E-state index contributed by atoms with van der Waals surface area (Å²) in [6.45, 7) is 5.16. The van der Waals surface area contributed by atoms with Crippen molar-refractivity contribution in [3.05, 3.63) is 35.9 Å².